The summed E-state index contributed by atoms with van der Waals surface area (Å²) in [5.74, 6) is -1.29. The van der Waals surface area contributed by atoms with Crippen molar-refractivity contribution in [3.63, 3.8) is 0 Å². The topological polar surface area (TPSA) is 62.2 Å². The van der Waals surface area contributed by atoms with Crippen molar-refractivity contribution in [1.82, 2.24) is 10.3 Å². The summed E-state index contributed by atoms with van der Waals surface area (Å²) in [5, 5.41) is 12.6. The first-order valence-corrected chi connectivity index (χ1v) is 7.20. The molecular formula is C15H21FN2O2. The van der Waals surface area contributed by atoms with Gasteiger partial charge in [-0.3, -0.25) is 9.78 Å². The molecule has 1 aromatic heterocycles. The zero-order valence-electron chi connectivity index (χ0n) is 11.7. The zero-order chi connectivity index (χ0) is 14.5. The lowest BCUT2D eigenvalue weighted by Gasteiger charge is -2.30. The van der Waals surface area contributed by atoms with Crippen LogP contribution in [0.4, 0.5) is 4.39 Å². The normalized spacial score (nSPS) is 24.3. The Balaban J connectivity index is 1.99. The maximum absolute atomic E-state index is 12.9. The SMILES string of the molecule is CCC(NC1CCCC(C(=O)O)C1)c1ccc(F)cn1. The quantitative estimate of drug-likeness (QED) is 0.870. The second kappa shape index (κ2) is 6.79. The zero-order valence-corrected chi connectivity index (χ0v) is 11.7. The van der Waals surface area contributed by atoms with Gasteiger partial charge in [0.2, 0.25) is 0 Å². The summed E-state index contributed by atoms with van der Waals surface area (Å²) in [7, 11) is 0. The summed E-state index contributed by atoms with van der Waals surface area (Å²) in [6.07, 6.45) is 5.41. The molecular weight excluding hydrogens is 259 g/mol. The van der Waals surface area contributed by atoms with E-state index in [1.807, 2.05) is 6.92 Å². The number of hydrogen-bond acceptors (Lipinski definition) is 3. The van der Waals surface area contributed by atoms with E-state index in [1.54, 1.807) is 6.07 Å². The lowest BCUT2D eigenvalue weighted by molar-refractivity contribution is -0.143. The van der Waals surface area contributed by atoms with Gasteiger partial charge < -0.3 is 10.4 Å². The van der Waals surface area contributed by atoms with Gasteiger partial charge >= 0.3 is 5.97 Å². The minimum Gasteiger partial charge on any atom is -0.481 e. The fraction of sp³-hybridized carbons (Fsp3) is 0.600. The molecule has 0 aliphatic heterocycles. The van der Waals surface area contributed by atoms with Gasteiger partial charge in [0.05, 0.1) is 17.8 Å². The highest BCUT2D eigenvalue weighted by atomic mass is 19.1. The molecule has 110 valence electrons. The van der Waals surface area contributed by atoms with Crippen LogP contribution < -0.4 is 5.32 Å². The maximum Gasteiger partial charge on any atom is 0.306 e. The largest absolute Gasteiger partial charge is 0.481 e. The first kappa shape index (κ1) is 14.9. The highest BCUT2D eigenvalue weighted by Gasteiger charge is 2.28. The van der Waals surface area contributed by atoms with Gasteiger partial charge in [-0.05, 0) is 37.8 Å². The average Bonchev–Trinajstić information content (AvgIpc) is 2.46. The minimum absolute atomic E-state index is 0.0492. The number of nitrogens with one attached hydrogen (secondary N) is 1. The van der Waals surface area contributed by atoms with E-state index in [0.717, 1.165) is 31.4 Å². The first-order chi connectivity index (χ1) is 9.60. The summed E-state index contributed by atoms with van der Waals surface area (Å²) >= 11 is 0. The van der Waals surface area contributed by atoms with E-state index in [2.05, 4.69) is 10.3 Å². The molecule has 1 aliphatic rings. The van der Waals surface area contributed by atoms with E-state index >= 15 is 0 Å². The maximum atomic E-state index is 12.9. The number of aliphatic carboxylic acids is 1. The van der Waals surface area contributed by atoms with Crippen LogP contribution in [0.3, 0.4) is 0 Å². The lowest BCUT2D eigenvalue weighted by Crippen LogP contribution is -2.38. The van der Waals surface area contributed by atoms with Crippen molar-refractivity contribution in [3.8, 4) is 0 Å². The fourth-order valence-corrected chi connectivity index (χ4v) is 2.86. The molecule has 1 fully saturated rings. The van der Waals surface area contributed by atoms with Gasteiger partial charge in [0.15, 0.2) is 0 Å². The molecule has 0 saturated heterocycles. The second-order valence-electron chi connectivity index (χ2n) is 5.43. The lowest BCUT2D eigenvalue weighted by atomic mass is 9.85. The van der Waals surface area contributed by atoms with Gasteiger partial charge in [-0.25, -0.2) is 4.39 Å². The minimum atomic E-state index is -0.704. The van der Waals surface area contributed by atoms with Crippen LogP contribution in [0.25, 0.3) is 0 Å². The van der Waals surface area contributed by atoms with Gasteiger partial charge in [-0.2, -0.15) is 0 Å². The van der Waals surface area contributed by atoms with Crippen molar-refractivity contribution in [2.24, 2.45) is 5.92 Å². The molecule has 1 aromatic rings. The third kappa shape index (κ3) is 3.76. The summed E-state index contributed by atoms with van der Waals surface area (Å²) in [6, 6.07) is 3.34. The Hall–Kier alpha value is -1.49. The van der Waals surface area contributed by atoms with E-state index < -0.39 is 5.97 Å². The Bertz CT molecular complexity index is 450. The predicted molar refractivity (Wildman–Crippen MR) is 73.7 cm³/mol. The van der Waals surface area contributed by atoms with Crippen molar-refractivity contribution in [2.75, 3.05) is 0 Å². The molecule has 2 rings (SSSR count). The van der Waals surface area contributed by atoms with Crippen LogP contribution in [0.1, 0.15) is 50.8 Å². The predicted octanol–water partition coefficient (Wildman–Crippen LogP) is 2.90. The third-order valence-corrected chi connectivity index (χ3v) is 3.98. The second-order valence-corrected chi connectivity index (χ2v) is 5.43. The number of aromatic nitrogens is 1. The number of pyridine rings is 1. The van der Waals surface area contributed by atoms with Crippen LogP contribution in [0, 0.1) is 11.7 Å². The third-order valence-electron chi connectivity index (χ3n) is 3.98. The molecule has 0 bridgehead atoms. The van der Waals surface area contributed by atoms with Crippen molar-refractivity contribution in [2.45, 2.75) is 51.1 Å². The Morgan fingerprint density at radius 1 is 1.55 bits per heavy atom. The number of nitrogens with zero attached hydrogens (tertiary/aromatic N) is 1. The Kier molecular flexibility index (Phi) is 5.06. The van der Waals surface area contributed by atoms with Crippen molar-refractivity contribution in [3.05, 3.63) is 29.8 Å². The number of carboxylic acids is 1. The number of halogens is 1. The van der Waals surface area contributed by atoms with Gasteiger partial charge in [0.25, 0.3) is 0 Å². The van der Waals surface area contributed by atoms with Crippen LogP contribution in [0.2, 0.25) is 0 Å². The summed E-state index contributed by atoms with van der Waals surface area (Å²) in [6.45, 7) is 2.04. The summed E-state index contributed by atoms with van der Waals surface area (Å²) in [4.78, 5) is 15.2. The van der Waals surface area contributed by atoms with E-state index in [-0.39, 0.29) is 23.8 Å². The van der Waals surface area contributed by atoms with Gasteiger partial charge in [0, 0.05) is 12.1 Å². The molecule has 4 nitrogen and oxygen atoms in total. The number of hydrogen-bond donors (Lipinski definition) is 2. The van der Waals surface area contributed by atoms with Crippen LogP contribution in [-0.2, 0) is 4.79 Å². The highest BCUT2D eigenvalue weighted by molar-refractivity contribution is 5.70. The highest BCUT2D eigenvalue weighted by Crippen LogP contribution is 2.27. The Morgan fingerprint density at radius 3 is 2.95 bits per heavy atom. The van der Waals surface area contributed by atoms with Crippen LogP contribution in [0.15, 0.2) is 18.3 Å². The molecule has 0 radical (unpaired) electrons. The number of rotatable bonds is 5. The van der Waals surface area contributed by atoms with Crippen molar-refractivity contribution in [1.29, 1.82) is 0 Å². The van der Waals surface area contributed by atoms with Gasteiger partial charge in [-0.1, -0.05) is 13.3 Å². The fourth-order valence-electron chi connectivity index (χ4n) is 2.86. The number of carbonyl (C=O) groups is 1. The molecule has 2 N–H and O–H groups in total. The van der Waals surface area contributed by atoms with Crippen LogP contribution >= 0.6 is 0 Å². The molecule has 1 heterocycles. The van der Waals surface area contributed by atoms with Gasteiger partial charge in [0.1, 0.15) is 5.82 Å². The first-order valence-electron chi connectivity index (χ1n) is 7.20. The molecule has 5 heteroatoms. The van der Waals surface area contributed by atoms with Crippen molar-refractivity contribution >= 4 is 5.97 Å². The summed E-state index contributed by atoms with van der Waals surface area (Å²) in [5.41, 5.74) is 0.811. The van der Waals surface area contributed by atoms with Crippen LogP contribution in [-0.4, -0.2) is 22.1 Å². The molecule has 20 heavy (non-hydrogen) atoms. The monoisotopic (exact) mass is 280 g/mol. The Labute approximate surface area is 118 Å². The molecule has 1 aliphatic carbocycles. The van der Waals surface area contributed by atoms with Gasteiger partial charge in [-0.15, -0.1) is 0 Å². The molecule has 1 saturated carbocycles. The van der Waals surface area contributed by atoms with E-state index in [4.69, 9.17) is 5.11 Å². The molecule has 0 amide bonds. The van der Waals surface area contributed by atoms with E-state index in [0.29, 0.717) is 6.42 Å². The molecule has 3 unspecified atom stereocenters. The number of carboxylic acid groups (broad SMARTS) is 1. The standard InChI is InChI=1S/C15H21FN2O2/c1-2-13(14-7-6-11(16)9-17-14)18-12-5-3-4-10(8-12)15(19)20/h6-7,9-10,12-13,18H,2-5,8H2,1H3,(H,19,20). The van der Waals surface area contributed by atoms with E-state index in [1.165, 1.54) is 12.3 Å². The van der Waals surface area contributed by atoms with E-state index in [9.17, 15) is 9.18 Å². The molecule has 3 atom stereocenters. The summed E-state index contributed by atoms with van der Waals surface area (Å²) < 4.78 is 12.9. The molecule has 0 spiro atoms. The smallest absolute Gasteiger partial charge is 0.306 e. The van der Waals surface area contributed by atoms with Crippen molar-refractivity contribution < 1.29 is 14.3 Å². The van der Waals surface area contributed by atoms with Crippen LogP contribution in [0.5, 0.6) is 0 Å². The average molecular weight is 280 g/mol. The molecule has 0 aromatic carbocycles. The Morgan fingerprint density at radius 2 is 2.35 bits per heavy atom.